The SMILES string of the molecule is Clc1ccc(N(c2ccc(Cc3ccc(-c4ccc(N(c5ccc(Cl)cc5)c5ccc(-c6ccccc6)cc5)cc4)cc3)cc2)c2ccc(-c3ccccc3)cc2)cc1. The van der Waals surface area contributed by atoms with E-state index in [1.165, 1.54) is 44.5 Å². The second-order valence-electron chi connectivity index (χ2n) is 14.5. The van der Waals surface area contributed by atoms with E-state index in [0.717, 1.165) is 40.5 Å². The van der Waals surface area contributed by atoms with Crippen LogP contribution in [-0.4, -0.2) is 0 Å². The van der Waals surface area contributed by atoms with Gasteiger partial charge in [-0.15, -0.1) is 0 Å². The summed E-state index contributed by atoms with van der Waals surface area (Å²) in [6, 6.07) is 81.0. The van der Waals surface area contributed by atoms with Crippen molar-refractivity contribution in [3.05, 3.63) is 252 Å². The van der Waals surface area contributed by atoms with Gasteiger partial charge in [0.25, 0.3) is 0 Å². The molecule has 0 atom stereocenters. The lowest BCUT2D eigenvalue weighted by Crippen LogP contribution is -2.09. The van der Waals surface area contributed by atoms with Crippen LogP contribution in [0, 0.1) is 0 Å². The predicted molar refractivity (Wildman–Crippen MR) is 251 cm³/mol. The topological polar surface area (TPSA) is 6.48 Å². The van der Waals surface area contributed by atoms with Crippen LogP contribution in [0.25, 0.3) is 33.4 Å². The van der Waals surface area contributed by atoms with Gasteiger partial charge in [0, 0.05) is 44.2 Å². The smallest absolute Gasteiger partial charge is 0.0462 e. The molecule has 0 spiro atoms. The van der Waals surface area contributed by atoms with Crippen molar-refractivity contribution in [2.24, 2.45) is 0 Å². The fraction of sp³-hybridized carbons (Fsp3) is 0.0182. The summed E-state index contributed by atoms with van der Waals surface area (Å²) in [6.07, 6.45) is 0.839. The molecule has 9 aromatic rings. The third-order valence-corrected chi connectivity index (χ3v) is 11.2. The lowest BCUT2D eigenvalue weighted by Gasteiger charge is -2.26. The number of nitrogens with zero attached hydrogens (tertiary/aromatic N) is 2. The predicted octanol–water partition coefficient (Wildman–Crippen LogP) is 16.5. The Morgan fingerprint density at radius 2 is 0.458 bits per heavy atom. The van der Waals surface area contributed by atoms with Gasteiger partial charge in [-0.3, -0.25) is 0 Å². The van der Waals surface area contributed by atoms with Gasteiger partial charge in [0.2, 0.25) is 0 Å². The van der Waals surface area contributed by atoms with Crippen molar-refractivity contribution in [1.82, 2.24) is 0 Å². The van der Waals surface area contributed by atoms with Crippen molar-refractivity contribution in [2.75, 3.05) is 9.80 Å². The van der Waals surface area contributed by atoms with E-state index >= 15 is 0 Å². The molecule has 0 radical (unpaired) electrons. The molecule has 0 aliphatic rings. The summed E-state index contributed by atoms with van der Waals surface area (Å²) >= 11 is 12.6. The van der Waals surface area contributed by atoms with Crippen molar-refractivity contribution in [3.8, 4) is 33.4 Å². The molecule has 0 aliphatic heterocycles. The Morgan fingerprint density at radius 1 is 0.237 bits per heavy atom. The number of hydrogen-bond acceptors (Lipinski definition) is 2. The summed E-state index contributed by atoms with van der Waals surface area (Å²) in [5, 5.41) is 1.43. The summed E-state index contributed by atoms with van der Waals surface area (Å²) in [7, 11) is 0. The van der Waals surface area contributed by atoms with E-state index in [2.05, 4.69) is 204 Å². The van der Waals surface area contributed by atoms with E-state index in [-0.39, 0.29) is 0 Å². The van der Waals surface area contributed by atoms with Gasteiger partial charge < -0.3 is 9.80 Å². The molecule has 284 valence electrons. The average molecular weight is 800 g/mol. The normalized spacial score (nSPS) is 10.9. The van der Waals surface area contributed by atoms with Crippen molar-refractivity contribution < 1.29 is 0 Å². The van der Waals surface area contributed by atoms with E-state index in [1.807, 2.05) is 36.4 Å². The van der Waals surface area contributed by atoms with Gasteiger partial charge in [-0.2, -0.15) is 0 Å². The van der Waals surface area contributed by atoms with E-state index in [1.54, 1.807) is 0 Å². The molecule has 0 amide bonds. The van der Waals surface area contributed by atoms with Crippen LogP contribution in [-0.2, 0) is 6.42 Å². The molecule has 59 heavy (non-hydrogen) atoms. The van der Waals surface area contributed by atoms with Crippen LogP contribution < -0.4 is 9.80 Å². The number of rotatable bonds is 11. The summed E-state index contributed by atoms with van der Waals surface area (Å²) in [6.45, 7) is 0. The Balaban J connectivity index is 0.916. The number of benzene rings is 9. The first-order valence-corrected chi connectivity index (χ1v) is 20.5. The first-order valence-electron chi connectivity index (χ1n) is 19.7. The van der Waals surface area contributed by atoms with E-state index in [9.17, 15) is 0 Å². The Hall–Kier alpha value is -6.84. The molecule has 0 unspecified atom stereocenters. The van der Waals surface area contributed by atoms with Crippen LogP contribution in [0.1, 0.15) is 11.1 Å². The van der Waals surface area contributed by atoms with Gasteiger partial charge >= 0.3 is 0 Å². The zero-order chi connectivity index (χ0) is 40.0. The molecule has 0 fully saturated rings. The van der Waals surface area contributed by atoms with Gasteiger partial charge in [0.15, 0.2) is 0 Å². The minimum absolute atomic E-state index is 0.714. The third kappa shape index (κ3) is 8.71. The highest BCUT2D eigenvalue weighted by Gasteiger charge is 2.15. The quantitative estimate of drug-likeness (QED) is 0.129. The third-order valence-electron chi connectivity index (χ3n) is 10.7. The van der Waals surface area contributed by atoms with Crippen molar-refractivity contribution in [3.63, 3.8) is 0 Å². The molecular formula is C55H40Cl2N2. The van der Waals surface area contributed by atoms with Crippen molar-refractivity contribution in [1.29, 1.82) is 0 Å². The Labute approximate surface area is 356 Å². The van der Waals surface area contributed by atoms with Gasteiger partial charge in [0.1, 0.15) is 0 Å². The molecule has 0 bridgehead atoms. The lowest BCUT2D eigenvalue weighted by atomic mass is 9.99. The molecule has 0 saturated heterocycles. The monoisotopic (exact) mass is 798 g/mol. The molecule has 9 aromatic carbocycles. The fourth-order valence-corrected chi connectivity index (χ4v) is 7.81. The van der Waals surface area contributed by atoms with Crippen LogP contribution in [0.15, 0.2) is 231 Å². The van der Waals surface area contributed by atoms with Crippen LogP contribution in [0.5, 0.6) is 0 Å². The highest BCUT2D eigenvalue weighted by molar-refractivity contribution is 6.31. The average Bonchev–Trinajstić information content (AvgIpc) is 3.30. The highest BCUT2D eigenvalue weighted by Crippen LogP contribution is 2.39. The molecule has 0 N–H and O–H groups in total. The standard InChI is InChI=1S/C55H40Cl2N2/c56-48-23-35-54(36-24-48)58(51-29-17-45(18-30-51)42-7-3-1-4-8-42)50-27-13-41(14-28-50)39-40-11-15-44(16-12-40)47-21-33-53(34-22-47)59(55-37-25-49(57)26-38-55)52-31-19-46(20-32-52)43-9-5-2-6-10-43/h1-38H,39H2. The summed E-state index contributed by atoms with van der Waals surface area (Å²) < 4.78 is 0. The Morgan fingerprint density at radius 3 is 0.763 bits per heavy atom. The van der Waals surface area contributed by atoms with E-state index in [4.69, 9.17) is 23.2 Å². The minimum Gasteiger partial charge on any atom is -0.311 e. The molecule has 0 aromatic heterocycles. The van der Waals surface area contributed by atoms with Gasteiger partial charge in [-0.05, 0) is 148 Å². The molecule has 4 heteroatoms. The highest BCUT2D eigenvalue weighted by atomic mass is 35.5. The maximum Gasteiger partial charge on any atom is 0.0462 e. The summed E-state index contributed by atoms with van der Waals surface area (Å²) in [4.78, 5) is 4.53. The molecule has 0 heterocycles. The summed E-state index contributed by atoms with van der Waals surface area (Å²) in [5.41, 5.74) is 16.0. The zero-order valence-electron chi connectivity index (χ0n) is 32.3. The van der Waals surface area contributed by atoms with Crippen LogP contribution in [0.4, 0.5) is 34.1 Å². The molecular weight excluding hydrogens is 760 g/mol. The van der Waals surface area contributed by atoms with Crippen LogP contribution in [0.2, 0.25) is 10.0 Å². The number of halogens is 2. The number of anilines is 6. The second-order valence-corrected chi connectivity index (χ2v) is 15.4. The molecule has 0 saturated carbocycles. The van der Waals surface area contributed by atoms with E-state index < -0.39 is 0 Å². The zero-order valence-corrected chi connectivity index (χ0v) is 33.8. The molecule has 0 aliphatic carbocycles. The van der Waals surface area contributed by atoms with E-state index in [0.29, 0.717) is 10.0 Å². The largest absolute Gasteiger partial charge is 0.311 e. The van der Waals surface area contributed by atoms with Gasteiger partial charge in [0.05, 0.1) is 0 Å². The maximum atomic E-state index is 6.30. The number of hydrogen-bond donors (Lipinski definition) is 0. The first kappa shape index (κ1) is 37.7. The van der Waals surface area contributed by atoms with Gasteiger partial charge in [-0.25, -0.2) is 0 Å². The Bertz CT molecular complexity index is 2730. The van der Waals surface area contributed by atoms with Crippen molar-refractivity contribution in [2.45, 2.75) is 6.42 Å². The van der Waals surface area contributed by atoms with Crippen LogP contribution in [0.3, 0.4) is 0 Å². The Kier molecular flexibility index (Phi) is 11.1. The molecule has 9 rings (SSSR count). The summed E-state index contributed by atoms with van der Waals surface area (Å²) in [5.74, 6) is 0. The van der Waals surface area contributed by atoms with Gasteiger partial charge in [-0.1, -0.05) is 157 Å². The lowest BCUT2D eigenvalue weighted by molar-refractivity contribution is 1.18. The second kappa shape index (κ2) is 17.3. The molecule has 2 nitrogen and oxygen atoms in total. The maximum absolute atomic E-state index is 6.30. The fourth-order valence-electron chi connectivity index (χ4n) is 7.56. The minimum atomic E-state index is 0.714. The van der Waals surface area contributed by atoms with Crippen LogP contribution >= 0.6 is 23.2 Å². The first-order chi connectivity index (χ1) is 29.0. The van der Waals surface area contributed by atoms with Crippen molar-refractivity contribution >= 4 is 57.3 Å².